The second-order valence-electron chi connectivity index (χ2n) is 7.07. The third-order valence-electron chi connectivity index (χ3n) is 5.28. The van der Waals surface area contributed by atoms with Crippen LogP contribution in [-0.2, 0) is 7.05 Å². The van der Waals surface area contributed by atoms with Crippen LogP contribution in [0.3, 0.4) is 0 Å². The average Bonchev–Trinajstić information content (AvgIpc) is 2.99. The molecule has 142 valence electrons. The summed E-state index contributed by atoms with van der Waals surface area (Å²) in [7, 11) is 1.72. The molecule has 6 heteroatoms. The number of benzene rings is 2. The summed E-state index contributed by atoms with van der Waals surface area (Å²) in [4.78, 5) is 21.9. The molecule has 3 aromatic heterocycles. The van der Waals surface area contributed by atoms with Gasteiger partial charge in [-0.25, -0.2) is 9.18 Å². The maximum atomic E-state index is 13.7. The summed E-state index contributed by atoms with van der Waals surface area (Å²) in [5.41, 5.74) is 5.36. The van der Waals surface area contributed by atoms with Gasteiger partial charge in [0.15, 0.2) is 0 Å². The Kier molecular flexibility index (Phi) is 3.81. The minimum Gasteiger partial charge on any atom is -0.293 e. The van der Waals surface area contributed by atoms with Crippen LogP contribution in [0.15, 0.2) is 71.9 Å². The highest BCUT2D eigenvalue weighted by Gasteiger charge is 2.18. The molecule has 5 nitrogen and oxygen atoms in total. The van der Waals surface area contributed by atoms with E-state index in [-0.39, 0.29) is 11.5 Å². The Morgan fingerprint density at radius 1 is 1.00 bits per heavy atom. The third-order valence-corrected chi connectivity index (χ3v) is 5.28. The molecule has 0 saturated carbocycles. The second kappa shape index (κ2) is 6.38. The van der Waals surface area contributed by atoms with Crippen molar-refractivity contribution < 1.29 is 4.39 Å². The van der Waals surface area contributed by atoms with Crippen LogP contribution in [0.2, 0.25) is 0 Å². The number of aryl methyl sites for hydroxylation is 2. The lowest BCUT2D eigenvalue weighted by Gasteiger charge is -2.10. The van der Waals surface area contributed by atoms with Crippen molar-refractivity contribution in [3.8, 4) is 16.8 Å². The molecule has 0 aliphatic heterocycles. The fraction of sp³-hybridized carbons (Fsp3) is 0.0870. The maximum absolute atomic E-state index is 13.7. The number of hydrogen-bond acceptors (Lipinski definition) is 3. The number of halogens is 1. The molecule has 0 N–H and O–H groups in total. The van der Waals surface area contributed by atoms with E-state index in [1.165, 1.54) is 12.1 Å². The van der Waals surface area contributed by atoms with Crippen molar-refractivity contribution in [2.75, 3.05) is 0 Å². The first-order chi connectivity index (χ1) is 14.0. The Hall–Kier alpha value is -3.80. The molecule has 0 amide bonds. The Bertz CT molecular complexity index is 1450. The van der Waals surface area contributed by atoms with Gasteiger partial charge in [0.05, 0.1) is 28.4 Å². The summed E-state index contributed by atoms with van der Waals surface area (Å²) in [5, 5.41) is 0.852. The first-order valence-corrected chi connectivity index (χ1v) is 9.22. The van der Waals surface area contributed by atoms with Gasteiger partial charge in [-0.05, 0) is 54.4 Å². The zero-order chi connectivity index (χ0) is 20.1. The Labute approximate surface area is 165 Å². The lowest BCUT2D eigenvalue weighted by molar-refractivity contribution is 0.626. The molecule has 3 heterocycles. The topological polar surface area (TPSA) is 52.7 Å². The van der Waals surface area contributed by atoms with E-state index in [2.05, 4.69) is 9.97 Å². The van der Waals surface area contributed by atoms with Gasteiger partial charge in [-0.3, -0.25) is 19.1 Å². The number of rotatable bonds is 2. The molecule has 29 heavy (non-hydrogen) atoms. The summed E-state index contributed by atoms with van der Waals surface area (Å²) in [6.07, 6.45) is 5.24. The molecule has 0 fully saturated rings. The molecule has 0 atom stereocenters. The van der Waals surface area contributed by atoms with Crippen molar-refractivity contribution in [3.05, 3.63) is 89.0 Å². The van der Waals surface area contributed by atoms with Crippen LogP contribution < -0.4 is 5.69 Å². The highest BCUT2D eigenvalue weighted by atomic mass is 19.1. The number of fused-ring (bicyclic) bond motifs is 3. The van der Waals surface area contributed by atoms with E-state index >= 15 is 0 Å². The Morgan fingerprint density at radius 3 is 2.62 bits per heavy atom. The molecular weight excluding hydrogens is 367 g/mol. The molecule has 0 radical (unpaired) electrons. The van der Waals surface area contributed by atoms with Crippen molar-refractivity contribution in [3.63, 3.8) is 0 Å². The maximum Gasteiger partial charge on any atom is 0.333 e. The van der Waals surface area contributed by atoms with Gasteiger partial charge in [0.2, 0.25) is 0 Å². The number of aromatic nitrogens is 4. The molecular formula is C23H17FN4O. The zero-order valence-electron chi connectivity index (χ0n) is 15.9. The summed E-state index contributed by atoms with van der Waals surface area (Å²) in [6, 6.07) is 14.3. The van der Waals surface area contributed by atoms with Crippen LogP contribution >= 0.6 is 0 Å². The SMILES string of the molecule is Cc1cc(F)ccc1-n1c(=O)n(C)c2cnc3ccc(-c4cccnc4)cc3c21. The summed E-state index contributed by atoms with van der Waals surface area (Å²) in [5.74, 6) is -0.329. The lowest BCUT2D eigenvalue weighted by atomic mass is 10.0. The first kappa shape index (κ1) is 17.3. The monoisotopic (exact) mass is 384 g/mol. The predicted octanol–water partition coefficient (Wildman–Crippen LogP) is 4.39. The molecule has 0 spiro atoms. The van der Waals surface area contributed by atoms with Gasteiger partial charge < -0.3 is 0 Å². The highest BCUT2D eigenvalue weighted by molar-refractivity contribution is 6.04. The van der Waals surface area contributed by atoms with Crippen LogP contribution in [-0.4, -0.2) is 19.1 Å². The fourth-order valence-corrected chi connectivity index (χ4v) is 3.80. The normalized spacial score (nSPS) is 11.4. The van der Waals surface area contributed by atoms with Gasteiger partial charge in [-0.15, -0.1) is 0 Å². The van der Waals surface area contributed by atoms with Crippen molar-refractivity contribution in [1.29, 1.82) is 0 Å². The predicted molar refractivity (Wildman–Crippen MR) is 112 cm³/mol. The zero-order valence-corrected chi connectivity index (χ0v) is 15.9. The van der Waals surface area contributed by atoms with Crippen molar-refractivity contribution in [2.45, 2.75) is 6.92 Å². The Balaban J connectivity index is 1.91. The quantitative estimate of drug-likeness (QED) is 0.454. The minimum atomic E-state index is -0.329. The largest absolute Gasteiger partial charge is 0.333 e. The van der Waals surface area contributed by atoms with E-state index < -0.39 is 0 Å². The first-order valence-electron chi connectivity index (χ1n) is 9.22. The Morgan fingerprint density at radius 2 is 1.86 bits per heavy atom. The summed E-state index contributed by atoms with van der Waals surface area (Å²) < 4.78 is 16.9. The molecule has 2 aromatic carbocycles. The van der Waals surface area contributed by atoms with Gasteiger partial charge >= 0.3 is 5.69 Å². The van der Waals surface area contributed by atoms with E-state index in [1.807, 2.05) is 30.3 Å². The van der Waals surface area contributed by atoms with E-state index in [9.17, 15) is 9.18 Å². The number of nitrogens with zero attached hydrogens (tertiary/aromatic N) is 4. The molecule has 5 rings (SSSR count). The molecule has 0 unspecified atom stereocenters. The number of hydrogen-bond donors (Lipinski definition) is 0. The van der Waals surface area contributed by atoms with Crippen LogP contribution in [0, 0.1) is 12.7 Å². The highest BCUT2D eigenvalue weighted by Crippen LogP contribution is 2.30. The fourth-order valence-electron chi connectivity index (χ4n) is 3.80. The van der Waals surface area contributed by atoms with Gasteiger partial charge in [-0.2, -0.15) is 0 Å². The van der Waals surface area contributed by atoms with E-state index in [1.54, 1.807) is 47.8 Å². The van der Waals surface area contributed by atoms with Crippen LogP contribution in [0.25, 0.3) is 38.8 Å². The molecule has 0 aliphatic carbocycles. The molecule has 0 aliphatic rings. The van der Waals surface area contributed by atoms with Gasteiger partial charge in [0.1, 0.15) is 5.82 Å². The second-order valence-corrected chi connectivity index (χ2v) is 7.07. The van der Waals surface area contributed by atoms with Gasteiger partial charge in [-0.1, -0.05) is 12.1 Å². The number of pyridine rings is 2. The third kappa shape index (κ3) is 2.64. The average molecular weight is 384 g/mol. The minimum absolute atomic E-state index is 0.198. The smallest absolute Gasteiger partial charge is 0.293 e. The molecule has 0 saturated heterocycles. The number of imidazole rings is 1. The van der Waals surface area contributed by atoms with Gasteiger partial charge in [0, 0.05) is 30.4 Å². The van der Waals surface area contributed by atoms with Crippen LogP contribution in [0.4, 0.5) is 4.39 Å². The summed E-state index contributed by atoms with van der Waals surface area (Å²) >= 11 is 0. The van der Waals surface area contributed by atoms with Crippen molar-refractivity contribution in [2.24, 2.45) is 7.05 Å². The van der Waals surface area contributed by atoms with Crippen molar-refractivity contribution in [1.82, 2.24) is 19.1 Å². The molecule has 5 aromatic rings. The van der Waals surface area contributed by atoms with E-state index in [0.29, 0.717) is 11.3 Å². The van der Waals surface area contributed by atoms with Crippen LogP contribution in [0.1, 0.15) is 5.56 Å². The lowest BCUT2D eigenvalue weighted by Crippen LogP contribution is -2.21. The summed E-state index contributed by atoms with van der Waals surface area (Å²) in [6.45, 7) is 1.80. The van der Waals surface area contributed by atoms with E-state index in [0.717, 1.165) is 33.1 Å². The van der Waals surface area contributed by atoms with Gasteiger partial charge in [0.25, 0.3) is 0 Å². The van der Waals surface area contributed by atoms with E-state index in [4.69, 9.17) is 0 Å². The van der Waals surface area contributed by atoms with Crippen molar-refractivity contribution >= 4 is 21.9 Å². The molecule has 0 bridgehead atoms. The standard InChI is InChI=1S/C23H17FN4O/c1-14-10-17(24)6-8-20(14)28-22-18-11-15(16-4-3-9-25-12-16)5-7-19(18)26-13-21(22)27(2)23(28)29/h3-13H,1-2H3. The van der Waals surface area contributed by atoms with Crippen LogP contribution in [0.5, 0.6) is 0 Å².